The maximum Gasteiger partial charge on any atom is 0.251 e. The zero-order chi connectivity index (χ0) is 31.1. The van der Waals surface area contributed by atoms with Gasteiger partial charge >= 0.3 is 0 Å². The summed E-state index contributed by atoms with van der Waals surface area (Å²) in [4.78, 5) is 30.1. The second-order valence-corrected chi connectivity index (χ2v) is 9.95. The van der Waals surface area contributed by atoms with Gasteiger partial charge in [-0.2, -0.15) is 0 Å². The molecule has 4 aromatic rings. The number of hydrogen-bond donors (Lipinski definition) is 1. The van der Waals surface area contributed by atoms with E-state index < -0.39 is 11.9 Å². The maximum atomic E-state index is 14.3. The van der Waals surface area contributed by atoms with Gasteiger partial charge in [0, 0.05) is 18.3 Å². The van der Waals surface area contributed by atoms with Crippen LogP contribution in [0.5, 0.6) is 34.5 Å². The Labute approximate surface area is 256 Å². The van der Waals surface area contributed by atoms with Crippen LogP contribution in [-0.2, 0) is 22.6 Å². The van der Waals surface area contributed by atoms with Crippen LogP contribution in [0.2, 0.25) is 0 Å². The Bertz CT molecular complexity index is 1580. The van der Waals surface area contributed by atoms with E-state index in [0.717, 1.165) is 11.1 Å². The number of hydrogen-bond acceptors (Lipinski definition) is 8. The number of ether oxygens (including phenoxy) is 6. The van der Waals surface area contributed by atoms with Crippen molar-refractivity contribution in [2.24, 2.45) is 0 Å². The van der Waals surface area contributed by atoms with Gasteiger partial charge in [0.25, 0.3) is 5.91 Å². The fourth-order valence-electron chi connectivity index (χ4n) is 5.04. The van der Waals surface area contributed by atoms with E-state index in [1.165, 1.54) is 21.3 Å². The molecule has 1 unspecified atom stereocenters. The van der Waals surface area contributed by atoms with E-state index in [4.69, 9.17) is 28.4 Å². The largest absolute Gasteiger partial charge is 0.497 e. The third-order valence-electron chi connectivity index (χ3n) is 7.23. The Morgan fingerprint density at radius 2 is 1.45 bits per heavy atom. The summed E-state index contributed by atoms with van der Waals surface area (Å²) in [6.45, 7) is 0.232. The average Bonchev–Trinajstić information content (AvgIpc) is 3.52. The molecule has 0 aromatic heterocycles. The molecule has 5 rings (SSSR count). The van der Waals surface area contributed by atoms with Crippen molar-refractivity contribution in [3.63, 3.8) is 0 Å². The van der Waals surface area contributed by atoms with Crippen LogP contribution < -0.4 is 33.7 Å². The number of carbonyl (C=O) groups excluding carboxylic acids is 2. The molecule has 10 heteroatoms. The van der Waals surface area contributed by atoms with Gasteiger partial charge < -0.3 is 38.6 Å². The quantitative estimate of drug-likeness (QED) is 0.231. The summed E-state index contributed by atoms with van der Waals surface area (Å²) in [6.07, 6.45) is 0.0786. The van der Waals surface area contributed by atoms with Gasteiger partial charge in [-0.25, -0.2) is 0 Å². The molecule has 0 aliphatic carbocycles. The summed E-state index contributed by atoms with van der Waals surface area (Å²) < 4.78 is 33.0. The molecule has 1 N–H and O–H groups in total. The van der Waals surface area contributed by atoms with Gasteiger partial charge in [-0.3, -0.25) is 9.59 Å². The molecule has 1 atom stereocenters. The lowest BCUT2D eigenvalue weighted by molar-refractivity contribution is -0.139. The van der Waals surface area contributed by atoms with Crippen LogP contribution in [-0.4, -0.2) is 51.9 Å². The van der Waals surface area contributed by atoms with E-state index in [-0.39, 0.29) is 25.7 Å². The van der Waals surface area contributed by atoms with Crippen LogP contribution in [0.25, 0.3) is 0 Å². The molecule has 4 aromatic carbocycles. The van der Waals surface area contributed by atoms with Gasteiger partial charge in [0.2, 0.25) is 18.4 Å². The van der Waals surface area contributed by atoms with E-state index in [0.29, 0.717) is 45.7 Å². The Balaban J connectivity index is 1.61. The summed E-state index contributed by atoms with van der Waals surface area (Å²) in [5.41, 5.74) is 2.57. The van der Waals surface area contributed by atoms with Crippen LogP contribution in [0.1, 0.15) is 22.7 Å². The first kappa shape index (κ1) is 30.1. The zero-order valence-corrected chi connectivity index (χ0v) is 25.0. The standard InChI is InChI=1S/C34H34N2O8/c1-39-26-13-10-23(11-14-26)20-36(31(37)16-22-8-6-5-7-9-22)32(24-17-29(40-2)33(42-4)30(18-24)41-3)34(38)35-25-12-15-27-28(19-25)44-21-43-27/h5-15,17-19,32H,16,20-21H2,1-4H3,(H,35,38). The molecular weight excluding hydrogens is 564 g/mol. The van der Waals surface area contributed by atoms with Crippen molar-refractivity contribution in [1.82, 2.24) is 4.90 Å². The lowest BCUT2D eigenvalue weighted by atomic mass is 10.00. The van der Waals surface area contributed by atoms with Crippen molar-refractivity contribution in [2.45, 2.75) is 19.0 Å². The molecule has 0 saturated carbocycles. The molecule has 1 aliphatic heterocycles. The molecule has 0 bridgehead atoms. The fraction of sp³-hybridized carbons (Fsp3) is 0.235. The van der Waals surface area contributed by atoms with Gasteiger partial charge in [0.1, 0.15) is 11.8 Å². The van der Waals surface area contributed by atoms with Gasteiger partial charge in [-0.1, -0.05) is 42.5 Å². The number of amides is 2. The van der Waals surface area contributed by atoms with Gasteiger partial charge in [0.15, 0.2) is 23.0 Å². The lowest BCUT2D eigenvalue weighted by Gasteiger charge is -2.32. The first-order chi connectivity index (χ1) is 21.4. The van der Waals surface area contributed by atoms with Crippen molar-refractivity contribution in [3.8, 4) is 34.5 Å². The predicted molar refractivity (Wildman–Crippen MR) is 164 cm³/mol. The summed E-state index contributed by atoms with van der Waals surface area (Å²) in [5.74, 6) is 2.14. The summed E-state index contributed by atoms with van der Waals surface area (Å²) in [5, 5.41) is 2.98. The lowest BCUT2D eigenvalue weighted by Crippen LogP contribution is -2.41. The molecule has 0 radical (unpaired) electrons. The smallest absolute Gasteiger partial charge is 0.251 e. The highest BCUT2D eigenvalue weighted by Gasteiger charge is 2.34. The first-order valence-electron chi connectivity index (χ1n) is 13.9. The van der Waals surface area contributed by atoms with E-state index in [1.54, 1.807) is 42.3 Å². The SMILES string of the molecule is COc1ccc(CN(C(=O)Cc2ccccc2)C(C(=O)Nc2ccc3c(c2)OCO3)c2cc(OC)c(OC)c(OC)c2)cc1. The second kappa shape index (κ2) is 13.7. The van der Waals surface area contributed by atoms with Crippen molar-refractivity contribution >= 4 is 17.5 Å². The zero-order valence-electron chi connectivity index (χ0n) is 25.0. The van der Waals surface area contributed by atoms with Gasteiger partial charge in [0.05, 0.1) is 34.9 Å². The molecule has 0 saturated heterocycles. The number of nitrogens with one attached hydrogen (secondary N) is 1. The number of nitrogens with zero attached hydrogens (tertiary/aromatic N) is 1. The Morgan fingerprint density at radius 3 is 2.09 bits per heavy atom. The Kier molecular flexibility index (Phi) is 9.39. The van der Waals surface area contributed by atoms with Crippen LogP contribution in [0.3, 0.4) is 0 Å². The molecular formula is C34H34N2O8. The highest BCUT2D eigenvalue weighted by atomic mass is 16.7. The van der Waals surface area contributed by atoms with E-state index in [2.05, 4.69) is 5.32 Å². The van der Waals surface area contributed by atoms with E-state index in [9.17, 15) is 9.59 Å². The van der Waals surface area contributed by atoms with Crippen molar-refractivity contribution in [3.05, 3.63) is 102 Å². The number of anilines is 1. The summed E-state index contributed by atoms with van der Waals surface area (Å²) in [6, 6.07) is 24.1. The normalized spacial score (nSPS) is 12.2. The second-order valence-electron chi connectivity index (χ2n) is 9.95. The van der Waals surface area contributed by atoms with Crippen molar-refractivity contribution in [2.75, 3.05) is 40.5 Å². The predicted octanol–water partition coefficient (Wildman–Crippen LogP) is 5.40. The molecule has 0 fully saturated rings. The molecule has 228 valence electrons. The van der Waals surface area contributed by atoms with Crippen LogP contribution in [0, 0.1) is 0 Å². The Morgan fingerprint density at radius 1 is 0.773 bits per heavy atom. The topological polar surface area (TPSA) is 105 Å². The minimum absolute atomic E-state index is 0.0786. The van der Waals surface area contributed by atoms with Crippen LogP contribution >= 0.6 is 0 Å². The minimum atomic E-state index is -1.10. The Hall–Kier alpha value is -5.38. The monoisotopic (exact) mass is 598 g/mol. The summed E-state index contributed by atoms with van der Waals surface area (Å²) in [7, 11) is 6.09. The number of fused-ring (bicyclic) bond motifs is 1. The number of methoxy groups -OCH3 is 4. The molecule has 0 spiro atoms. The third kappa shape index (κ3) is 6.64. The first-order valence-corrected chi connectivity index (χ1v) is 13.9. The number of carbonyl (C=O) groups is 2. The third-order valence-corrected chi connectivity index (χ3v) is 7.23. The minimum Gasteiger partial charge on any atom is -0.497 e. The van der Waals surface area contributed by atoms with Gasteiger partial charge in [-0.05, 0) is 53.1 Å². The highest BCUT2D eigenvalue weighted by molar-refractivity contribution is 5.98. The average molecular weight is 599 g/mol. The van der Waals surface area contributed by atoms with Crippen molar-refractivity contribution in [1.29, 1.82) is 0 Å². The van der Waals surface area contributed by atoms with Gasteiger partial charge in [-0.15, -0.1) is 0 Å². The van der Waals surface area contributed by atoms with E-state index in [1.807, 2.05) is 54.6 Å². The summed E-state index contributed by atoms with van der Waals surface area (Å²) >= 11 is 0. The molecule has 1 heterocycles. The number of rotatable bonds is 12. The number of benzene rings is 4. The highest BCUT2D eigenvalue weighted by Crippen LogP contribution is 2.42. The molecule has 1 aliphatic rings. The van der Waals surface area contributed by atoms with E-state index >= 15 is 0 Å². The van der Waals surface area contributed by atoms with Crippen molar-refractivity contribution < 1.29 is 38.0 Å². The molecule has 2 amide bonds. The van der Waals surface area contributed by atoms with Crippen LogP contribution in [0.15, 0.2) is 84.9 Å². The maximum absolute atomic E-state index is 14.3. The van der Waals surface area contributed by atoms with Crippen LogP contribution in [0.4, 0.5) is 5.69 Å². The fourth-order valence-corrected chi connectivity index (χ4v) is 5.04. The molecule has 44 heavy (non-hydrogen) atoms. The molecule has 10 nitrogen and oxygen atoms in total.